The molecule has 0 aromatic heterocycles. The van der Waals surface area contributed by atoms with Crippen LogP contribution in [0.5, 0.6) is 0 Å². The topological polar surface area (TPSA) is 70.7 Å². The third kappa shape index (κ3) is 4.22. The van der Waals surface area contributed by atoms with Crippen molar-refractivity contribution in [2.24, 2.45) is 0 Å². The van der Waals surface area contributed by atoms with Gasteiger partial charge >= 0.3 is 6.03 Å². The largest absolute Gasteiger partial charge is 0.381 e. The molecule has 1 heterocycles. The smallest absolute Gasteiger partial charge is 0.322 e. The highest BCUT2D eigenvalue weighted by molar-refractivity contribution is 5.94. The van der Waals surface area contributed by atoms with Gasteiger partial charge in [-0.05, 0) is 49.9 Å². The van der Waals surface area contributed by atoms with Gasteiger partial charge in [0.2, 0.25) is 5.91 Å². The number of ether oxygens (including phenoxy) is 1. The number of nitrogens with zero attached hydrogens (tertiary/aromatic N) is 1. The van der Waals surface area contributed by atoms with Crippen LogP contribution in [0.1, 0.15) is 32.6 Å². The van der Waals surface area contributed by atoms with E-state index in [1.807, 2.05) is 29.2 Å². The van der Waals surface area contributed by atoms with E-state index in [4.69, 9.17) is 4.74 Å². The Morgan fingerprint density at radius 1 is 1.09 bits per heavy atom. The van der Waals surface area contributed by atoms with Crippen LogP contribution in [-0.4, -0.2) is 37.2 Å². The van der Waals surface area contributed by atoms with Crippen LogP contribution >= 0.6 is 0 Å². The molecule has 6 nitrogen and oxygen atoms in total. The molecular weight excluding hydrogens is 294 g/mol. The van der Waals surface area contributed by atoms with Crippen LogP contribution in [0.25, 0.3) is 0 Å². The average molecular weight is 317 g/mol. The molecule has 1 saturated carbocycles. The summed E-state index contributed by atoms with van der Waals surface area (Å²) in [7, 11) is 0. The number of hydrogen-bond acceptors (Lipinski definition) is 3. The lowest BCUT2D eigenvalue weighted by atomic mass is 10.1. The van der Waals surface area contributed by atoms with Crippen molar-refractivity contribution >= 4 is 23.3 Å². The fourth-order valence-corrected chi connectivity index (χ4v) is 2.82. The lowest BCUT2D eigenvalue weighted by molar-refractivity contribution is -0.114. The van der Waals surface area contributed by atoms with Gasteiger partial charge in [0.15, 0.2) is 0 Å². The Kier molecular flexibility index (Phi) is 4.81. The van der Waals surface area contributed by atoms with Gasteiger partial charge in [0, 0.05) is 43.6 Å². The number of carbonyl (C=O) groups excluding carboxylic acids is 2. The van der Waals surface area contributed by atoms with E-state index in [-0.39, 0.29) is 18.0 Å². The first kappa shape index (κ1) is 15.8. The highest BCUT2D eigenvalue weighted by Crippen LogP contribution is 2.26. The van der Waals surface area contributed by atoms with Crippen molar-refractivity contribution in [2.45, 2.75) is 44.7 Å². The van der Waals surface area contributed by atoms with Crippen LogP contribution in [-0.2, 0) is 9.53 Å². The van der Waals surface area contributed by atoms with Crippen LogP contribution in [0.15, 0.2) is 24.3 Å². The first-order valence-corrected chi connectivity index (χ1v) is 8.18. The number of amides is 3. The third-order valence-corrected chi connectivity index (χ3v) is 4.15. The second-order valence-electron chi connectivity index (χ2n) is 6.17. The molecule has 1 saturated heterocycles. The molecule has 0 atom stereocenters. The number of anilines is 2. The van der Waals surface area contributed by atoms with E-state index >= 15 is 0 Å². The highest BCUT2D eigenvalue weighted by Gasteiger charge is 2.31. The molecule has 2 aliphatic rings. The molecule has 1 aromatic carbocycles. The summed E-state index contributed by atoms with van der Waals surface area (Å²) in [5.74, 6) is -0.106. The summed E-state index contributed by atoms with van der Waals surface area (Å²) in [6, 6.07) is 7.85. The molecule has 0 bridgehead atoms. The zero-order chi connectivity index (χ0) is 16.2. The Morgan fingerprint density at radius 3 is 2.30 bits per heavy atom. The summed E-state index contributed by atoms with van der Waals surface area (Å²) in [5.41, 5.74) is 1.58. The molecule has 2 N–H and O–H groups in total. The zero-order valence-corrected chi connectivity index (χ0v) is 13.4. The maximum atomic E-state index is 12.7. The number of nitrogens with one attached hydrogen (secondary N) is 2. The van der Waals surface area contributed by atoms with E-state index in [2.05, 4.69) is 10.6 Å². The van der Waals surface area contributed by atoms with Gasteiger partial charge in [-0.25, -0.2) is 4.79 Å². The summed E-state index contributed by atoms with van der Waals surface area (Å²) in [6.45, 7) is 2.84. The van der Waals surface area contributed by atoms with Gasteiger partial charge in [0.05, 0.1) is 0 Å². The molecular formula is C17H23N3O3. The predicted molar refractivity (Wildman–Crippen MR) is 88.6 cm³/mol. The van der Waals surface area contributed by atoms with Gasteiger partial charge < -0.3 is 15.4 Å². The molecule has 1 aliphatic carbocycles. The van der Waals surface area contributed by atoms with Gasteiger partial charge in [-0.1, -0.05) is 0 Å². The maximum absolute atomic E-state index is 12.7. The van der Waals surface area contributed by atoms with Crippen LogP contribution in [0.2, 0.25) is 0 Å². The summed E-state index contributed by atoms with van der Waals surface area (Å²) in [4.78, 5) is 25.6. The molecule has 3 amide bonds. The summed E-state index contributed by atoms with van der Waals surface area (Å²) in [5, 5.41) is 5.82. The average Bonchev–Trinajstić information content (AvgIpc) is 3.34. The first-order valence-electron chi connectivity index (χ1n) is 8.18. The SMILES string of the molecule is CC(=O)Nc1ccc(N(C(=O)NC2CC2)C2CCOCC2)cc1. The van der Waals surface area contributed by atoms with Crippen LogP contribution in [0, 0.1) is 0 Å². The second-order valence-corrected chi connectivity index (χ2v) is 6.17. The van der Waals surface area contributed by atoms with E-state index in [0.717, 1.165) is 37.1 Å². The van der Waals surface area contributed by atoms with Gasteiger partial charge in [0.25, 0.3) is 0 Å². The minimum atomic E-state index is -0.106. The molecule has 0 radical (unpaired) electrons. The fourth-order valence-electron chi connectivity index (χ4n) is 2.82. The van der Waals surface area contributed by atoms with Crippen LogP contribution in [0.4, 0.5) is 16.2 Å². The number of rotatable bonds is 4. The Morgan fingerprint density at radius 2 is 1.74 bits per heavy atom. The van der Waals surface area contributed by atoms with Crippen molar-refractivity contribution < 1.29 is 14.3 Å². The predicted octanol–water partition coefficient (Wildman–Crippen LogP) is 2.50. The highest BCUT2D eigenvalue weighted by atomic mass is 16.5. The van der Waals surface area contributed by atoms with Crippen LogP contribution < -0.4 is 15.5 Å². The van der Waals surface area contributed by atoms with Crippen molar-refractivity contribution in [1.29, 1.82) is 0 Å². The van der Waals surface area contributed by atoms with Crippen molar-refractivity contribution in [3.8, 4) is 0 Å². The second kappa shape index (κ2) is 7.00. The molecule has 2 fully saturated rings. The lowest BCUT2D eigenvalue weighted by Crippen LogP contribution is -2.49. The van der Waals surface area contributed by atoms with E-state index in [0.29, 0.717) is 19.3 Å². The molecule has 0 spiro atoms. The Hall–Kier alpha value is -2.08. The van der Waals surface area contributed by atoms with E-state index in [1.54, 1.807) is 0 Å². The van der Waals surface area contributed by atoms with Gasteiger partial charge in [-0.2, -0.15) is 0 Å². The van der Waals surface area contributed by atoms with Crippen molar-refractivity contribution in [3.05, 3.63) is 24.3 Å². The summed E-state index contributed by atoms with van der Waals surface area (Å²) < 4.78 is 5.42. The quantitative estimate of drug-likeness (QED) is 0.896. The molecule has 3 rings (SSSR count). The lowest BCUT2D eigenvalue weighted by Gasteiger charge is -2.34. The molecule has 124 valence electrons. The molecule has 1 aromatic rings. The number of benzene rings is 1. The monoisotopic (exact) mass is 317 g/mol. The maximum Gasteiger partial charge on any atom is 0.322 e. The minimum absolute atomic E-state index is 0.0355. The number of hydrogen-bond donors (Lipinski definition) is 2. The Bertz CT molecular complexity index is 563. The molecule has 0 unspecified atom stereocenters. The van der Waals surface area contributed by atoms with Gasteiger partial charge in [0.1, 0.15) is 0 Å². The van der Waals surface area contributed by atoms with Crippen molar-refractivity contribution in [2.75, 3.05) is 23.4 Å². The first-order chi connectivity index (χ1) is 11.1. The fraction of sp³-hybridized carbons (Fsp3) is 0.529. The minimum Gasteiger partial charge on any atom is -0.381 e. The molecule has 6 heteroatoms. The molecule has 23 heavy (non-hydrogen) atoms. The number of carbonyl (C=O) groups is 2. The number of urea groups is 1. The van der Waals surface area contributed by atoms with E-state index in [9.17, 15) is 9.59 Å². The summed E-state index contributed by atoms with van der Waals surface area (Å²) >= 11 is 0. The zero-order valence-electron chi connectivity index (χ0n) is 13.4. The summed E-state index contributed by atoms with van der Waals surface area (Å²) in [6.07, 6.45) is 3.81. The van der Waals surface area contributed by atoms with Crippen molar-refractivity contribution in [3.63, 3.8) is 0 Å². The van der Waals surface area contributed by atoms with Gasteiger partial charge in [-0.15, -0.1) is 0 Å². The third-order valence-electron chi connectivity index (χ3n) is 4.15. The Labute approximate surface area is 136 Å². The standard InChI is InChI=1S/C17H23N3O3/c1-12(21)18-13-4-6-15(7-5-13)20(16-8-10-23-11-9-16)17(22)19-14-2-3-14/h4-7,14,16H,2-3,8-11H2,1H3,(H,18,21)(H,19,22). The van der Waals surface area contributed by atoms with Crippen molar-refractivity contribution in [1.82, 2.24) is 5.32 Å². The Balaban J connectivity index is 1.77. The van der Waals surface area contributed by atoms with E-state index in [1.165, 1.54) is 6.92 Å². The van der Waals surface area contributed by atoms with E-state index < -0.39 is 0 Å². The normalized spacial score (nSPS) is 18.3. The molecule has 1 aliphatic heterocycles. The van der Waals surface area contributed by atoms with Crippen LogP contribution in [0.3, 0.4) is 0 Å². The van der Waals surface area contributed by atoms with Gasteiger partial charge in [-0.3, -0.25) is 9.69 Å².